The minimum atomic E-state index is -0.588. The van der Waals surface area contributed by atoms with E-state index in [2.05, 4.69) is 5.32 Å². The number of carbonyl (C=O) groups excluding carboxylic acids is 1. The summed E-state index contributed by atoms with van der Waals surface area (Å²) in [6, 6.07) is 7.89. The molecule has 0 unspecified atom stereocenters. The summed E-state index contributed by atoms with van der Waals surface area (Å²) < 4.78 is 6.43. The number of benzene rings is 1. The van der Waals surface area contributed by atoms with Crippen molar-refractivity contribution in [2.24, 2.45) is 0 Å². The van der Waals surface area contributed by atoms with Gasteiger partial charge in [0.05, 0.1) is 23.1 Å². The van der Waals surface area contributed by atoms with Gasteiger partial charge in [-0.2, -0.15) is 0 Å². The fourth-order valence-electron chi connectivity index (χ4n) is 2.47. The molecule has 2 aromatic heterocycles. The van der Waals surface area contributed by atoms with Gasteiger partial charge in [-0.1, -0.05) is 6.07 Å². The van der Waals surface area contributed by atoms with Crippen molar-refractivity contribution in [1.29, 1.82) is 0 Å². The summed E-state index contributed by atoms with van der Waals surface area (Å²) in [6.45, 7) is 0.796. The molecule has 25 heavy (non-hydrogen) atoms. The Morgan fingerprint density at radius 3 is 2.92 bits per heavy atom. The lowest BCUT2D eigenvalue weighted by atomic mass is 10.2. The highest BCUT2D eigenvalue weighted by atomic mass is 32.1. The number of aromatic nitrogens is 1. The number of rotatable bonds is 7. The zero-order valence-electron chi connectivity index (χ0n) is 13.1. The van der Waals surface area contributed by atoms with E-state index < -0.39 is 10.7 Å². The second-order valence-corrected chi connectivity index (χ2v) is 6.42. The van der Waals surface area contributed by atoms with Gasteiger partial charge in [-0.3, -0.25) is 19.5 Å². The van der Waals surface area contributed by atoms with Crippen molar-refractivity contribution in [3.05, 3.63) is 61.3 Å². The quantitative estimate of drug-likeness (QED) is 0.514. The Bertz CT molecular complexity index is 958. The number of amides is 1. The zero-order chi connectivity index (χ0) is 17.8. The molecule has 3 aromatic rings. The van der Waals surface area contributed by atoms with Crippen LogP contribution in [0.25, 0.3) is 11.1 Å². The normalized spacial score (nSPS) is 10.9. The number of aryl methyl sites for hydroxylation is 1. The molecule has 9 heteroatoms. The SMILES string of the molecule is O=C(CCCn1c(=O)oc2cc([N+](=O)[O-])ccc21)NCc1cccs1. The summed E-state index contributed by atoms with van der Waals surface area (Å²) in [5.41, 5.74) is 0.511. The topological polar surface area (TPSA) is 107 Å². The van der Waals surface area contributed by atoms with E-state index in [1.807, 2.05) is 17.5 Å². The summed E-state index contributed by atoms with van der Waals surface area (Å²) in [6.07, 6.45) is 0.735. The molecule has 8 nitrogen and oxygen atoms in total. The second-order valence-electron chi connectivity index (χ2n) is 5.39. The molecule has 0 aliphatic carbocycles. The van der Waals surface area contributed by atoms with Gasteiger partial charge in [-0.05, 0) is 23.9 Å². The maximum Gasteiger partial charge on any atom is 0.419 e. The van der Waals surface area contributed by atoms with Crippen LogP contribution in [0.4, 0.5) is 5.69 Å². The van der Waals surface area contributed by atoms with Crippen LogP contribution in [0.3, 0.4) is 0 Å². The number of fused-ring (bicyclic) bond motifs is 1. The summed E-state index contributed by atoms with van der Waals surface area (Å²) in [5.74, 6) is -0.681. The van der Waals surface area contributed by atoms with Crippen molar-refractivity contribution in [3.8, 4) is 0 Å². The molecule has 130 valence electrons. The van der Waals surface area contributed by atoms with Crippen LogP contribution in [-0.2, 0) is 17.9 Å². The van der Waals surface area contributed by atoms with Crippen LogP contribution in [0, 0.1) is 10.1 Å². The maximum absolute atomic E-state index is 11.9. The Morgan fingerprint density at radius 1 is 1.36 bits per heavy atom. The number of oxazole rings is 1. The predicted molar refractivity (Wildman–Crippen MR) is 92.5 cm³/mol. The fourth-order valence-corrected chi connectivity index (χ4v) is 3.11. The summed E-state index contributed by atoms with van der Waals surface area (Å²) in [7, 11) is 0. The van der Waals surface area contributed by atoms with Gasteiger partial charge >= 0.3 is 5.76 Å². The minimum Gasteiger partial charge on any atom is -0.407 e. The third-order valence-corrected chi connectivity index (χ3v) is 4.56. The average Bonchev–Trinajstić information content (AvgIpc) is 3.20. The van der Waals surface area contributed by atoms with Gasteiger partial charge < -0.3 is 9.73 Å². The number of hydrogen-bond donors (Lipinski definition) is 1. The number of thiophene rings is 1. The lowest BCUT2D eigenvalue weighted by Gasteiger charge is -2.04. The average molecular weight is 361 g/mol. The van der Waals surface area contributed by atoms with Crippen molar-refractivity contribution < 1.29 is 14.1 Å². The summed E-state index contributed by atoms with van der Waals surface area (Å²) >= 11 is 1.57. The van der Waals surface area contributed by atoms with Crippen LogP contribution in [0.5, 0.6) is 0 Å². The van der Waals surface area contributed by atoms with E-state index in [1.165, 1.54) is 22.8 Å². The molecule has 0 radical (unpaired) electrons. The largest absolute Gasteiger partial charge is 0.419 e. The van der Waals surface area contributed by atoms with E-state index in [1.54, 1.807) is 11.3 Å². The molecule has 1 amide bonds. The molecule has 0 aliphatic rings. The Kier molecular flexibility index (Phi) is 4.94. The first kappa shape index (κ1) is 16.9. The molecule has 0 bridgehead atoms. The van der Waals surface area contributed by atoms with Gasteiger partial charge in [-0.15, -0.1) is 11.3 Å². The van der Waals surface area contributed by atoms with Crippen molar-refractivity contribution in [1.82, 2.24) is 9.88 Å². The molecule has 0 atom stereocenters. The van der Waals surface area contributed by atoms with Crippen LogP contribution >= 0.6 is 11.3 Å². The number of nitro benzene ring substituents is 1. The van der Waals surface area contributed by atoms with E-state index in [0.717, 1.165) is 4.88 Å². The molecule has 0 saturated carbocycles. The number of non-ortho nitro benzene ring substituents is 1. The first-order valence-electron chi connectivity index (χ1n) is 7.61. The second kappa shape index (κ2) is 7.31. The van der Waals surface area contributed by atoms with Crippen LogP contribution < -0.4 is 11.1 Å². The summed E-state index contributed by atoms with van der Waals surface area (Å²) in [5, 5.41) is 15.5. The van der Waals surface area contributed by atoms with Crippen molar-refractivity contribution >= 4 is 34.0 Å². The Balaban J connectivity index is 1.59. The monoisotopic (exact) mass is 361 g/mol. The van der Waals surface area contributed by atoms with E-state index >= 15 is 0 Å². The molecule has 1 N–H and O–H groups in total. The predicted octanol–water partition coefficient (Wildman–Crippen LogP) is 2.66. The first-order valence-corrected chi connectivity index (χ1v) is 8.49. The number of hydrogen-bond acceptors (Lipinski definition) is 6. The zero-order valence-corrected chi connectivity index (χ0v) is 14.0. The highest BCUT2D eigenvalue weighted by Crippen LogP contribution is 2.20. The number of carbonyl (C=O) groups is 1. The maximum atomic E-state index is 11.9. The third-order valence-electron chi connectivity index (χ3n) is 3.69. The van der Waals surface area contributed by atoms with Crippen LogP contribution in [-0.4, -0.2) is 15.4 Å². The number of nitrogens with one attached hydrogen (secondary N) is 1. The molecular formula is C16H15N3O5S. The Labute approximate surface area is 145 Å². The van der Waals surface area contributed by atoms with Gasteiger partial charge in [0.2, 0.25) is 5.91 Å². The number of nitrogens with zero attached hydrogens (tertiary/aromatic N) is 2. The van der Waals surface area contributed by atoms with Gasteiger partial charge in [0.25, 0.3) is 5.69 Å². The van der Waals surface area contributed by atoms with Crippen molar-refractivity contribution in [2.45, 2.75) is 25.9 Å². The molecule has 2 heterocycles. The molecule has 0 aliphatic heterocycles. The Hall–Kier alpha value is -2.94. The van der Waals surface area contributed by atoms with Crippen molar-refractivity contribution in [2.75, 3.05) is 0 Å². The van der Waals surface area contributed by atoms with Gasteiger partial charge in [0, 0.05) is 23.9 Å². The standard InChI is InChI=1S/C16H15N3O5S/c20-15(17-10-12-3-2-8-25-12)4-1-7-18-13-6-5-11(19(22)23)9-14(13)24-16(18)21/h2-3,5-6,8-9H,1,4,7,10H2,(H,17,20). The molecule has 0 saturated heterocycles. The van der Waals surface area contributed by atoms with Crippen LogP contribution in [0.15, 0.2) is 44.9 Å². The highest BCUT2D eigenvalue weighted by molar-refractivity contribution is 7.09. The lowest BCUT2D eigenvalue weighted by molar-refractivity contribution is -0.384. The Morgan fingerprint density at radius 2 is 2.20 bits per heavy atom. The van der Waals surface area contributed by atoms with E-state index in [9.17, 15) is 19.7 Å². The molecule has 3 rings (SSSR count). The first-order chi connectivity index (χ1) is 12.0. The van der Waals surface area contributed by atoms with E-state index in [4.69, 9.17) is 4.42 Å². The minimum absolute atomic E-state index is 0.0927. The molecule has 0 spiro atoms. The van der Waals surface area contributed by atoms with Gasteiger partial charge in [0.1, 0.15) is 0 Å². The van der Waals surface area contributed by atoms with Gasteiger partial charge in [-0.25, -0.2) is 4.79 Å². The molecule has 1 aromatic carbocycles. The highest BCUT2D eigenvalue weighted by Gasteiger charge is 2.14. The van der Waals surface area contributed by atoms with E-state index in [-0.39, 0.29) is 23.6 Å². The molecular weight excluding hydrogens is 346 g/mol. The van der Waals surface area contributed by atoms with Crippen molar-refractivity contribution in [3.63, 3.8) is 0 Å². The van der Waals surface area contributed by atoms with Crippen LogP contribution in [0.1, 0.15) is 17.7 Å². The third kappa shape index (κ3) is 3.94. The smallest absolute Gasteiger partial charge is 0.407 e. The van der Waals surface area contributed by atoms with Gasteiger partial charge in [0.15, 0.2) is 5.58 Å². The van der Waals surface area contributed by atoms with Crippen LogP contribution in [0.2, 0.25) is 0 Å². The fraction of sp³-hybridized carbons (Fsp3) is 0.250. The molecule has 0 fully saturated rings. The lowest BCUT2D eigenvalue weighted by Crippen LogP contribution is -2.23. The number of nitro groups is 1. The summed E-state index contributed by atoms with van der Waals surface area (Å²) in [4.78, 5) is 35.0. The van der Waals surface area contributed by atoms with E-state index in [0.29, 0.717) is 25.0 Å².